The first-order chi connectivity index (χ1) is 10.6. The molecular weight excluding hydrogens is 306 g/mol. The van der Waals surface area contributed by atoms with E-state index in [1.807, 2.05) is 0 Å². The van der Waals surface area contributed by atoms with Crippen molar-refractivity contribution in [3.8, 4) is 0 Å². The number of nitro benzene ring substituents is 1. The quantitative estimate of drug-likeness (QED) is 0.346. The summed E-state index contributed by atoms with van der Waals surface area (Å²) in [7, 11) is 0. The van der Waals surface area contributed by atoms with Gasteiger partial charge in [0.25, 0.3) is 5.69 Å². The highest BCUT2D eigenvalue weighted by molar-refractivity contribution is 7.99. The summed E-state index contributed by atoms with van der Waals surface area (Å²) in [5.74, 6) is -0.288. The van der Waals surface area contributed by atoms with E-state index in [9.17, 15) is 19.7 Å². The molecule has 118 valence electrons. The number of hydrogen-bond donors (Lipinski definition) is 0. The van der Waals surface area contributed by atoms with Crippen LogP contribution in [0.1, 0.15) is 24.2 Å². The minimum Gasteiger partial charge on any atom is -0.466 e. The zero-order valence-electron chi connectivity index (χ0n) is 12.1. The molecule has 0 spiro atoms. The van der Waals surface area contributed by atoms with Crippen LogP contribution in [0.2, 0.25) is 0 Å². The van der Waals surface area contributed by atoms with Crippen molar-refractivity contribution in [2.24, 2.45) is 11.8 Å². The molecule has 0 bridgehead atoms. The summed E-state index contributed by atoms with van der Waals surface area (Å²) < 4.78 is 4.93. The minimum absolute atomic E-state index is 0.0173. The average molecular weight is 323 g/mol. The number of esters is 1. The van der Waals surface area contributed by atoms with Crippen molar-refractivity contribution in [1.82, 2.24) is 0 Å². The van der Waals surface area contributed by atoms with Crippen LogP contribution < -0.4 is 0 Å². The molecule has 0 aromatic heterocycles. The number of rotatable bonds is 6. The van der Waals surface area contributed by atoms with E-state index in [0.29, 0.717) is 17.9 Å². The number of ether oxygens (including phenoxy) is 1. The molecule has 6 nitrogen and oxygen atoms in total. The van der Waals surface area contributed by atoms with Gasteiger partial charge in [-0.05, 0) is 18.6 Å². The summed E-state index contributed by atoms with van der Waals surface area (Å²) in [5, 5.41) is 10.9. The first kappa shape index (κ1) is 16.5. The number of aldehydes is 1. The molecule has 0 amide bonds. The molecule has 2 rings (SSSR count). The second-order valence-corrected chi connectivity index (χ2v) is 6.23. The second kappa shape index (κ2) is 7.40. The number of nitro groups is 1. The number of carbonyl (C=O) groups excluding carboxylic acids is 2. The molecule has 1 heterocycles. The Hall–Kier alpha value is -1.89. The Bertz CT molecular complexity index is 577. The molecule has 0 aliphatic carbocycles. The van der Waals surface area contributed by atoms with E-state index >= 15 is 0 Å². The maximum Gasteiger partial charge on any atom is 0.306 e. The van der Waals surface area contributed by atoms with Gasteiger partial charge in [-0.15, -0.1) is 0 Å². The molecule has 0 radical (unpaired) electrons. The molecular formula is C15H17NO5S. The Morgan fingerprint density at radius 1 is 1.50 bits per heavy atom. The normalized spacial score (nSPS) is 24.0. The topological polar surface area (TPSA) is 86.5 Å². The Morgan fingerprint density at radius 3 is 2.86 bits per heavy atom. The Kier molecular flexibility index (Phi) is 5.54. The lowest BCUT2D eigenvalue weighted by Crippen LogP contribution is -2.21. The molecule has 1 aliphatic heterocycles. The molecule has 1 aromatic carbocycles. The predicted molar refractivity (Wildman–Crippen MR) is 82.6 cm³/mol. The van der Waals surface area contributed by atoms with Crippen LogP contribution in [-0.2, 0) is 14.3 Å². The molecule has 7 heteroatoms. The summed E-state index contributed by atoms with van der Waals surface area (Å²) in [6.07, 6.45) is 0.979. The van der Waals surface area contributed by atoms with Crippen LogP contribution in [0.25, 0.3) is 0 Å². The van der Waals surface area contributed by atoms with Gasteiger partial charge in [0.05, 0.1) is 11.5 Å². The number of carbonyl (C=O) groups is 2. The smallest absolute Gasteiger partial charge is 0.306 e. The van der Waals surface area contributed by atoms with E-state index in [2.05, 4.69) is 0 Å². The Balaban J connectivity index is 2.21. The molecule has 0 N–H and O–H groups in total. The second-order valence-electron chi connectivity index (χ2n) is 5.05. The van der Waals surface area contributed by atoms with Crippen molar-refractivity contribution in [2.75, 3.05) is 12.4 Å². The monoisotopic (exact) mass is 323 g/mol. The molecule has 1 aromatic rings. The van der Waals surface area contributed by atoms with Gasteiger partial charge in [-0.1, -0.05) is 18.2 Å². The van der Waals surface area contributed by atoms with Gasteiger partial charge in [-0.3, -0.25) is 14.9 Å². The summed E-state index contributed by atoms with van der Waals surface area (Å²) >= 11 is 1.48. The minimum atomic E-state index is -0.434. The molecule has 1 saturated heterocycles. The van der Waals surface area contributed by atoms with E-state index in [4.69, 9.17) is 4.74 Å². The van der Waals surface area contributed by atoms with E-state index < -0.39 is 10.8 Å². The van der Waals surface area contributed by atoms with Crippen LogP contribution >= 0.6 is 11.8 Å². The van der Waals surface area contributed by atoms with Gasteiger partial charge < -0.3 is 9.53 Å². The van der Waals surface area contributed by atoms with Crippen molar-refractivity contribution >= 4 is 29.7 Å². The Labute approximate surface area is 132 Å². The summed E-state index contributed by atoms with van der Waals surface area (Å²) in [5.41, 5.74) is 0.560. The summed E-state index contributed by atoms with van der Waals surface area (Å²) in [6.45, 7) is 2.03. The van der Waals surface area contributed by atoms with Gasteiger partial charge >= 0.3 is 5.97 Å². The highest BCUT2D eigenvalue weighted by atomic mass is 32.2. The van der Waals surface area contributed by atoms with Crippen LogP contribution in [-0.4, -0.2) is 29.5 Å². The summed E-state index contributed by atoms with van der Waals surface area (Å²) in [4.78, 5) is 33.8. The van der Waals surface area contributed by atoms with Crippen molar-refractivity contribution in [3.63, 3.8) is 0 Å². The van der Waals surface area contributed by atoms with Crippen LogP contribution in [0.5, 0.6) is 0 Å². The fourth-order valence-electron chi connectivity index (χ4n) is 2.70. The van der Waals surface area contributed by atoms with Crippen molar-refractivity contribution in [1.29, 1.82) is 0 Å². The SMILES string of the molecule is CCOC(=O)C[C@@H]1CS[C@H](c2ccccc2[N+](=O)[O-])[C@H]1C=O. The zero-order valence-corrected chi connectivity index (χ0v) is 13.0. The number of benzene rings is 1. The van der Waals surface area contributed by atoms with Gasteiger partial charge in [0.15, 0.2) is 0 Å². The summed E-state index contributed by atoms with van der Waals surface area (Å²) in [6, 6.07) is 6.45. The number of thioether (sulfide) groups is 1. The predicted octanol–water partition coefficient (Wildman–Crippen LogP) is 2.77. The maximum atomic E-state index is 11.6. The standard InChI is InChI=1S/C15H17NO5S/c1-2-21-14(18)7-10-9-22-15(12(10)8-17)11-5-3-4-6-13(11)16(19)20/h3-6,8,10,12,15H,2,7,9H2,1H3/t10-,12+,15-/m1/s1. The van der Waals surface area contributed by atoms with Crippen molar-refractivity contribution in [2.45, 2.75) is 18.6 Å². The first-order valence-electron chi connectivity index (χ1n) is 7.04. The van der Waals surface area contributed by atoms with Crippen LogP contribution in [0, 0.1) is 22.0 Å². The van der Waals surface area contributed by atoms with Crippen molar-refractivity contribution in [3.05, 3.63) is 39.9 Å². The fourth-order valence-corrected chi connectivity index (χ4v) is 4.38. The molecule has 1 aliphatic rings. The van der Waals surface area contributed by atoms with E-state index in [1.54, 1.807) is 25.1 Å². The number of hydrogen-bond acceptors (Lipinski definition) is 6. The highest BCUT2D eigenvalue weighted by Crippen LogP contribution is 2.50. The lowest BCUT2D eigenvalue weighted by Gasteiger charge is -2.18. The van der Waals surface area contributed by atoms with Crippen LogP contribution in [0.4, 0.5) is 5.69 Å². The van der Waals surface area contributed by atoms with E-state index in [0.717, 1.165) is 6.29 Å². The number of nitrogens with zero attached hydrogens (tertiary/aromatic N) is 1. The third-order valence-electron chi connectivity index (χ3n) is 3.72. The molecule has 3 atom stereocenters. The largest absolute Gasteiger partial charge is 0.466 e. The Morgan fingerprint density at radius 2 is 2.23 bits per heavy atom. The van der Waals surface area contributed by atoms with Crippen molar-refractivity contribution < 1.29 is 19.2 Å². The fraction of sp³-hybridized carbons (Fsp3) is 0.467. The first-order valence-corrected chi connectivity index (χ1v) is 8.09. The molecule has 1 fully saturated rings. The van der Waals surface area contributed by atoms with Gasteiger partial charge in [-0.2, -0.15) is 11.8 Å². The van der Waals surface area contributed by atoms with Gasteiger partial charge in [0.1, 0.15) is 6.29 Å². The number of para-hydroxylation sites is 1. The lowest BCUT2D eigenvalue weighted by atomic mass is 9.86. The maximum absolute atomic E-state index is 11.6. The van der Waals surface area contributed by atoms with E-state index in [1.165, 1.54) is 17.8 Å². The lowest BCUT2D eigenvalue weighted by molar-refractivity contribution is -0.385. The van der Waals surface area contributed by atoms with Crippen LogP contribution in [0.15, 0.2) is 24.3 Å². The van der Waals surface area contributed by atoms with Gasteiger partial charge in [0, 0.05) is 29.2 Å². The van der Waals surface area contributed by atoms with Gasteiger partial charge in [-0.25, -0.2) is 0 Å². The van der Waals surface area contributed by atoms with Gasteiger partial charge in [0.2, 0.25) is 0 Å². The highest BCUT2D eigenvalue weighted by Gasteiger charge is 2.41. The zero-order chi connectivity index (χ0) is 16.1. The molecule has 0 unspecified atom stereocenters. The van der Waals surface area contributed by atoms with E-state index in [-0.39, 0.29) is 29.2 Å². The third kappa shape index (κ3) is 3.47. The molecule has 0 saturated carbocycles. The third-order valence-corrected chi connectivity index (χ3v) is 5.26. The average Bonchev–Trinajstić information content (AvgIpc) is 2.89. The van der Waals surface area contributed by atoms with Crippen LogP contribution in [0.3, 0.4) is 0 Å². The molecule has 22 heavy (non-hydrogen) atoms.